The molecule has 0 N–H and O–H groups in total. The third-order valence-electron chi connectivity index (χ3n) is 1.45. The lowest BCUT2D eigenvalue weighted by molar-refractivity contribution is -0.0970. The van der Waals surface area contributed by atoms with Crippen LogP contribution in [0.1, 0.15) is 20.8 Å². The molecule has 0 amide bonds. The molecule has 3 heteroatoms. The van der Waals surface area contributed by atoms with Gasteiger partial charge in [-0.05, 0) is 25.8 Å². The molecule has 0 fully saturated rings. The van der Waals surface area contributed by atoms with Crippen molar-refractivity contribution in [3.63, 3.8) is 0 Å². The molecule has 0 spiro atoms. The molecule has 0 aromatic rings. The van der Waals surface area contributed by atoms with Crippen LogP contribution in [0.4, 0.5) is 0 Å². The highest BCUT2D eigenvalue weighted by atomic mass is 16.5. The molecule has 0 radical (unpaired) electrons. The summed E-state index contributed by atoms with van der Waals surface area (Å²) in [7, 11) is 1.77. The van der Waals surface area contributed by atoms with Crippen LogP contribution < -0.4 is 0 Å². The van der Waals surface area contributed by atoms with Gasteiger partial charge in [-0.15, -0.1) is 0 Å². The molecule has 3 nitrogen and oxygen atoms in total. The van der Waals surface area contributed by atoms with Gasteiger partial charge in [0, 0.05) is 6.61 Å². The van der Waals surface area contributed by atoms with Crippen molar-refractivity contribution in [3.05, 3.63) is 4.95 Å². The minimum Gasteiger partial charge on any atom is -0.350 e. The van der Waals surface area contributed by atoms with Crippen LogP contribution in [0.5, 0.6) is 0 Å². The highest BCUT2D eigenvalue weighted by molar-refractivity contribution is 4.72. The third kappa shape index (κ3) is 2.24. The van der Waals surface area contributed by atoms with E-state index in [9.17, 15) is 0 Å². The van der Waals surface area contributed by atoms with Gasteiger partial charge in [0.25, 0.3) is 0 Å². The van der Waals surface area contributed by atoms with E-state index in [1.807, 2.05) is 20.8 Å². The smallest absolute Gasteiger partial charge is 0.304 e. The number of hydrogen-bond acceptors (Lipinski definition) is 2. The maximum Gasteiger partial charge on any atom is 0.304 e. The van der Waals surface area contributed by atoms with Crippen LogP contribution in [-0.4, -0.2) is 24.4 Å². The Morgan fingerprint density at radius 3 is 2.40 bits per heavy atom. The van der Waals surface area contributed by atoms with E-state index in [0.29, 0.717) is 6.61 Å². The molecule has 0 aliphatic carbocycles. The van der Waals surface area contributed by atoms with E-state index in [-0.39, 0.29) is 0 Å². The van der Waals surface area contributed by atoms with Crippen molar-refractivity contribution in [1.82, 2.24) is 5.01 Å². The largest absolute Gasteiger partial charge is 0.350 e. The highest BCUT2D eigenvalue weighted by Crippen LogP contribution is 2.13. The Morgan fingerprint density at radius 2 is 2.10 bits per heavy atom. The van der Waals surface area contributed by atoms with Gasteiger partial charge in [-0.25, -0.2) is 0 Å². The monoisotopic (exact) mass is 143 g/mol. The van der Waals surface area contributed by atoms with Crippen LogP contribution in [0.25, 0.3) is 4.95 Å². The highest BCUT2D eigenvalue weighted by Gasteiger charge is 2.29. The van der Waals surface area contributed by atoms with E-state index < -0.39 is 5.72 Å². The van der Waals surface area contributed by atoms with Gasteiger partial charge in [0.05, 0.1) is 12.0 Å². The predicted molar refractivity (Wildman–Crippen MR) is 41.8 cm³/mol. The van der Waals surface area contributed by atoms with Crippen molar-refractivity contribution in [2.45, 2.75) is 26.5 Å². The molecule has 0 rings (SSSR count). The summed E-state index contributed by atoms with van der Waals surface area (Å²) >= 11 is 0. The van der Waals surface area contributed by atoms with E-state index >= 15 is 0 Å². The first-order valence-electron chi connectivity index (χ1n) is 3.33. The van der Waals surface area contributed by atoms with Crippen LogP contribution in [-0.2, 0) is 4.74 Å². The molecule has 0 saturated heterocycles. The summed E-state index contributed by atoms with van der Waals surface area (Å²) in [4.78, 5) is 3.49. The molecule has 0 aliphatic rings. The van der Waals surface area contributed by atoms with Crippen LogP contribution in [0.15, 0.2) is 0 Å². The molecule has 0 heterocycles. The topological polar surface area (TPSA) is 16.8 Å². The first-order chi connectivity index (χ1) is 4.54. The molecule has 0 saturated carbocycles. The Hall–Kier alpha value is -0.750. The summed E-state index contributed by atoms with van der Waals surface area (Å²) in [5.74, 6) is 0. The lowest BCUT2D eigenvalue weighted by Crippen LogP contribution is -2.39. The first kappa shape index (κ1) is 9.25. The molecule has 10 heavy (non-hydrogen) atoms. The molecule has 58 valence electrons. The van der Waals surface area contributed by atoms with Gasteiger partial charge < -0.3 is 4.74 Å². The van der Waals surface area contributed by atoms with E-state index in [1.54, 1.807) is 12.1 Å². The van der Waals surface area contributed by atoms with Gasteiger partial charge in [0.15, 0.2) is 0 Å². The summed E-state index contributed by atoms with van der Waals surface area (Å²) in [5, 5.41) is 1.58. The molecule has 0 atom stereocenters. The fourth-order valence-corrected chi connectivity index (χ4v) is 0.586. The minimum absolute atomic E-state index is 0.399. The van der Waals surface area contributed by atoms with Gasteiger partial charge in [-0.3, -0.25) is 0 Å². The van der Waals surface area contributed by atoms with Crippen molar-refractivity contribution >= 4 is 0 Å². The first-order valence-corrected chi connectivity index (χ1v) is 3.33. The maximum absolute atomic E-state index is 5.33. The molecule has 0 unspecified atom stereocenters. The maximum atomic E-state index is 5.33. The van der Waals surface area contributed by atoms with Crippen molar-refractivity contribution in [1.29, 1.82) is 0 Å². The second-order valence-corrected chi connectivity index (χ2v) is 2.52. The summed E-state index contributed by atoms with van der Waals surface area (Å²) in [6.07, 6.45) is 0. The second-order valence-electron chi connectivity index (χ2n) is 2.52. The zero-order valence-electron chi connectivity index (χ0n) is 7.09. The fraction of sp³-hybridized carbons (Fsp3) is 0.857. The van der Waals surface area contributed by atoms with Gasteiger partial charge in [-0.1, -0.05) is 0 Å². The van der Waals surface area contributed by atoms with E-state index in [1.165, 1.54) is 0 Å². The second kappa shape index (κ2) is 3.43. The number of rotatable bonds is 3. The lowest BCUT2D eigenvalue weighted by Gasteiger charge is -2.23. The third-order valence-corrected chi connectivity index (χ3v) is 1.45. The molecule has 0 aliphatic heterocycles. The van der Waals surface area contributed by atoms with E-state index in [0.717, 1.165) is 0 Å². The summed E-state index contributed by atoms with van der Waals surface area (Å²) in [6.45, 7) is 11.5. The standard InChI is InChI=1S/C7H15N2O/c1-6-10-7(2,3)9(5)8-4/h4H,6H2,1-3,5H3/q+1. The molecule has 0 aromatic carbocycles. The van der Waals surface area contributed by atoms with Gasteiger partial charge in [0.1, 0.15) is 0 Å². The zero-order valence-corrected chi connectivity index (χ0v) is 7.09. The van der Waals surface area contributed by atoms with Crippen LogP contribution in [0.3, 0.4) is 0 Å². The Labute approximate surface area is 62.4 Å². The van der Waals surface area contributed by atoms with Crippen LogP contribution in [0.2, 0.25) is 0 Å². The Bertz CT molecular complexity index is 137. The van der Waals surface area contributed by atoms with Crippen molar-refractivity contribution in [2.24, 2.45) is 0 Å². The average molecular weight is 143 g/mol. The molecule has 0 bridgehead atoms. The minimum atomic E-state index is -0.399. The Balaban J connectivity index is 3.99. The fourth-order valence-electron chi connectivity index (χ4n) is 0.586. The molecule has 0 aromatic heterocycles. The van der Waals surface area contributed by atoms with Gasteiger partial charge >= 0.3 is 6.57 Å². The van der Waals surface area contributed by atoms with Gasteiger partial charge in [-0.2, -0.15) is 0 Å². The summed E-state index contributed by atoms with van der Waals surface area (Å²) in [5.41, 5.74) is -0.399. The summed E-state index contributed by atoms with van der Waals surface area (Å²) in [6, 6.07) is 0. The quantitative estimate of drug-likeness (QED) is 0.440. The average Bonchev–Trinajstić information content (AvgIpc) is 1.86. The van der Waals surface area contributed by atoms with E-state index in [2.05, 4.69) is 4.95 Å². The summed E-state index contributed by atoms with van der Waals surface area (Å²) < 4.78 is 5.33. The van der Waals surface area contributed by atoms with Gasteiger partial charge in [0.2, 0.25) is 5.72 Å². The van der Waals surface area contributed by atoms with Crippen molar-refractivity contribution < 1.29 is 4.74 Å². The number of hydrogen-bond donors (Lipinski definition) is 0. The lowest BCUT2D eigenvalue weighted by atomic mass is 10.3. The normalized spacial score (nSPS) is 10.7. The molecular formula is C7H15N2O+. The SMILES string of the molecule is C#[N+]N(C)C(C)(C)OCC. The number of nitrogens with zero attached hydrogens (tertiary/aromatic N) is 2. The number of ether oxygens (including phenoxy) is 1. The zero-order chi connectivity index (χ0) is 8.20. The molecular weight excluding hydrogens is 128 g/mol. The predicted octanol–water partition coefficient (Wildman–Crippen LogP) is 1.57. The van der Waals surface area contributed by atoms with E-state index in [4.69, 9.17) is 11.3 Å². The van der Waals surface area contributed by atoms with Crippen LogP contribution in [0, 0.1) is 6.57 Å². The van der Waals surface area contributed by atoms with Crippen LogP contribution >= 0.6 is 0 Å². The Kier molecular flexibility index (Phi) is 3.17. The van der Waals surface area contributed by atoms with Crippen molar-refractivity contribution in [2.75, 3.05) is 13.7 Å². The van der Waals surface area contributed by atoms with Crippen molar-refractivity contribution in [3.8, 4) is 6.57 Å². The Morgan fingerprint density at radius 1 is 1.60 bits per heavy atom.